The Labute approximate surface area is 115 Å². The van der Waals surface area contributed by atoms with Crippen LogP contribution in [0.25, 0.3) is 0 Å². The molecule has 2 aliphatic carbocycles. The van der Waals surface area contributed by atoms with Gasteiger partial charge in [0.15, 0.2) is 0 Å². The fourth-order valence-electron chi connectivity index (χ4n) is 0.680. The fourth-order valence-corrected chi connectivity index (χ4v) is 0.680. The second-order valence-corrected chi connectivity index (χ2v) is 2.86. The van der Waals surface area contributed by atoms with Crippen molar-refractivity contribution in [3.05, 3.63) is 55.5 Å². The molecule has 0 saturated heterocycles. The average Bonchev–Trinajstić information content (AvgIpc) is 2.94. The maximum Gasteiger partial charge on any atom is 4.00 e. The molecule has 0 unspecified atom stereocenters. The van der Waals surface area contributed by atoms with Crippen LogP contribution in [-0.4, -0.2) is 0 Å². The summed E-state index contributed by atoms with van der Waals surface area (Å²) in [6.07, 6.45) is 22.3. The summed E-state index contributed by atoms with van der Waals surface area (Å²) in [6, 6.07) is 0. The second kappa shape index (κ2) is 16.3. The number of hydrogen-bond donors (Lipinski definition) is 0. The molecule has 0 aromatic rings. The molecule has 0 N–H and O–H groups in total. The van der Waals surface area contributed by atoms with Crippen molar-refractivity contribution < 1.29 is 27.6 Å². The summed E-state index contributed by atoms with van der Waals surface area (Å²) in [5, 5.41) is 0. The van der Waals surface area contributed by atoms with Crippen molar-refractivity contribution in [3.8, 4) is 0 Å². The Bertz CT molecular complexity index is 171. The maximum absolute atomic E-state index is 3.60. The fraction of sp³-hybridized carbons (Fsp3) is 0.357. The molecular formula is C14H20Zr. The Morgan fingerprint density at radius 1 is 1.13 bits per heavy atom. The van der Waals surface area contributed by atoms with E-state index in [1.807, 2.05) is 24.3 Å². The van der Waals surface area contributed by atoms with Crippen molar-refractivity contribution in [3.63, 3.8) is 0 Å². The van der Waals surface area contributed by atoms with Gasteiger partial charge in [0.1, 0.15) is 0 Å². The molecule has 0 saturated carbocycles. The minimum absolute atomic E-state index is 0. The largest absolute Gasteiger partial charge is 4.00 e. The quantitative estimate of drug-likeness (QED) is 0.626. The minimum atomic E-state index is 0. The Morgan fingerprint density at radius 2 is 1.53 bits per heavy atom. The van der Waals surface area contributed by atoms with E-state index < -0.39 is 0 Å². The van der Waals surface area contributed by atoms with Gasteiger partial charge in [0.05, 0.1) is 0 Å². The predicted molar refractivity (Wildman–Crippen MR) is 64.5 cm³/mol. The van der Waals surface area contributed by atoms with Crippen LogP contribution in [0.5, 0.6) is 0 Å². The zero-order valence-electron chi connectivity index (χ0n) is 10.5. The molecule has 15 heavy (non-hydrogen) atoms. The van der Waals surface area contributed by atoms with Gasteiger partial charge in [-0.25, -0.2) is 24.3 Å². The number of unbranched alkanes of at least 4 members (excludes halogenated alkanes) is 1. The van der Waals surface area contributed by atoms with Crippen molar-refractivity contribution in [1.82, 2.24) is 0 Å². The van der Waals surface area contributed by atoms with Crippen LogP contribution in [0.3, 0.4) is 0 Å². The molecule has 2 aliphatic rings. The van der Waals surface area contributed by atoms with Crippen molar-refractivity contribution in [2.45, 2.75) is 32.6 Å². The van der Waals surface area contributed by atoms with Crippen molar-refractivity contribution >= 4 is 0 Å². The van der Waals surface area contributed by atoms with Crippen LogP contribution in [0.15, 0.2) is 36.5 Å². The van der Waals surface area contributed by atoms with Gasteiger partial charge in [-0.3, -0.25) is 12.2 Å². The van der Waals surface area contributed by atoms with E-state index in [0.717, 1.165) is 19.3 Å². The normalized spacial score (nSPS) is 13.7. The van der Waals surface area contributed by atoms with Crippen molar-refractivity contribution in [2.75, 3.05) is 0 Å². The van der Waals surface area contributed by atoms with E-state index in [9.17, 15) is 0 Å². The molecule has 2 rings (SSSR count). The molecule has 0 fully saturated rings. The van der Waals surface area contributed by atoms with E-state index in [1.54, 1.807) is 0 Å². The molecular weight excluding hydrogens is 259 g/mol. The molecule has 0 aromatic carbocycles. The molecule has 1 heteroatoms. The molecule has 0 spiro atoms. The molecule has 0 amide bonds. The van der Waals surface area contributed by atoms with Crippen molar-refractivity contribution in [1.29, 1.82) is 0 Å². The molecule has 0 nitrogen and oxygen atoms in total. The summed E-state index contributed by atoms with van der Waals surface area (Å²) >= 11 is 0. The third-order valence-electron chi connectivity index (χ3n) is 1.53. The van der Waals surface area contributed by atoms with Crippen LogP contribution in [0.1, 0.15) is 34.0 Å². The number of allylic oxidation sites excluding steroid dienone is 8. The first-order valence-electron chi connectivity index (χ1n) is 5.14. The number of rotatable bonds is 1. The topological polar surface area (TPSA) is 0 Å². The zero-order valence-corrected chi connectivity index (χ0v) is 12.0. The van der Waals surface area contributed by atoms with Crippen molar-refractivity contribution in [2.24, 2.45) is 0 Å². The smallest absolute Gasteiger partial charge is 1.00 e. The maximum atomic E-state index is 3.60. The van der Waals surface area contributed by atoms with Gasteiger partial charge >= 0.3 is 26.2 Å². The Morgan fingerprint density at radius 3 is 1.60 bits per heavy atom. The first kappa shape index (κ1) is 17.2. The van der Waals surface area contributed by atoms with Gasteiger partial charge in [-0.2, -0.15) is 18.6 Å². The van der Waals surface area contributed by atoms with Crippen LogP contribution in [-0.2, 0) is 26.2 Å². The molecule has 80 valence electrons. The Hall–Kier alpha value is -0.157. The standard InChI is InChI=1S/2C5H5.C4H9.Zr.H/c2*1-2-4-5-3-1;1-3-4-2;;/h2*1-3H,4H2;1,3-4H2,2H3;;/q3*-1;+4;-1. The van der Waals surface area contributed by atoms with E-state index in [4.69, 9.17) is 0 Å². The van der Waals surface area contributed by atoms with Crippen LogP contribution < -0.4 is 0 Å². The Balaban J connectivity index is -0.000000151. The SMILES string of the molecule is [C-]1=CC=CC1.[C-]1=CC=CC1.[CH2-]CCC.[H-].[Zr+4]. The first-order valence-corrected chi connectivity index (χ1v) is 5.14. The summed E-state index contributed by atoms with van der Waals surface area (Å²) in [6.45, 7) is 5.72. The van der Waals surface area contributed by atoms with E-state index in [1.165, 1.54) is 6.42 Å². The van der Waals surface area contributed by atoms with Gasteiger partial charge in [0.2, 0.25) is 0 Å². The van der Waals surface area contributed by atoms with Gasteiger partial charge < -0.3 is 8.35 Å². The first-order chi connectivity index (χ1) is 6.91. The summed E-state index contributed by atoms with van der Waals surface area (Å²) in [5.41, 5.74) is 0. The van der Waals surface area contributed by atoms with Gasteiger partial charge in [-0.1, -0.05) is 13.3 Å². The summed E-state index contributed by atoms with van der Waals surface area (Å²) in [7, 11) is 0. The van der Waals surface area contributed by atoms with Crippen LogP contribution in [0, 0.1) is 19.1 Å². The monoisotopic (exact) mass is 278 g/mol. The van der Waals surface area contributed by atoms with E-state index in [-0.39, 0.29) is 27.6 Å². The summed E-state index contributed by atoms with van der Waals surface area (Å²) in [4.78, 5) is 0. The third kappa shape index (κ3) is 16.5. The van der Waals surface area contributed by atoms with Gasteiger partial charge in [-0.15, -0.1) is 12.8 Å². The van der Waals surface area contributed by atoms with E-state index in [0.29, 0.717) is 0 Å². The summed E-state index contributed by atoms with van der Waals surface area (Å²) in [5.74, 6) is 0. The van der Waals surface area contributed by atoms with Crippen LogP contribution >= 0.6 is 0 Å². The summed E-state index contributed by atoms with van der Waals surface area (Å²) < 4.78 is 0. The molecule has 0 heterocycles. The number of hydrogen-bond acceptors (Lipinski definition) is 0. The molecule has 0 aromatic heterocycles. The Kier molecular flexibility index (Phi) is 18.7. The molecule has 0 bridgehead atoms. The van der Waals surface area contributed by atoms with Gasteiger partial charge in [0.25, 0.3) is 0 Å². The van der Waals surface area contributed by atoms with Crippen LogP contribution in [0.2, 0.25) is 0 Å². The molecule has 0 aliphatic heterocycles. The zero-order chi connectivity index (χ0) is 10.5. The predicted octanol–water partition coefficient (Wildman–Crippen LogP) is 4.34. The minimum Gasteiger partial charge on any atom is -1.00 e. The van der Waals surface area contributed by atoms with Gasteiger partial charge in [0, 0.05) is 0 Å². The van der Waals surface area contributed by atoms with E-state index >= 15 is 0 Å². The molecule has 0 atom stereocenters. The van der Waals surface area contributed by atoms with Crippen LogP contribution in [0.4, 0.5) is 0 Å². The molecule has 0 radical (unpaired) electrons. The third-order valence-corrected chi connectivity index (χ3v) is 1.53. The van der Waals surface area contributed by atoms with Gasteiger partial charge in [-0.05, 0) is 0 Å². The second-order valence-electron chi connectivity index (χ2n) is 2.86. The van der Waals surface area contributed by atoms with E-state index in [2.05, 4.69) is 38.2 Å². The average molecular weight is 280 g/mol.